The number of hydrogen-bond donors (Lipinski definition) is 2. The van der Waals surface area contributed by atoms with E-state index in [1.165, 1.54) is 0 Å². The highest BCUT2D eigenvalue weighted by Crippen LogP contribution is 2.31. The van der Waals surface area contributed by atoms with E-state index in [1.807, 2.05) is 35.2 Å². The minimum atomic E-state index is -0.997. The van der Waals surface area contributed by atoms with E-state index in [4.69, 9.17) is 0 Å². The van der Waals surface area contributed by atoms with Gasteiger partial charge in [-0.1, -0.05) is 30.3 Å². The zero-order chi connectivity index (χ0) is 15.5. The van der Waals surface area contributed by atoms with E-state index in [0.717, 1.165) is 12.0 Å². The van der Waals surface area contributed by atoms with Crippen LogP contribution < -0.4 is 4.90 Å². The summed E-state index contributed by atoms with van der Waals surface area (Å²) >= 11 is 0. The smallest absolute Gasteiger partial charge is 0.339 e. The van der Waals surface area contributed by atoms with Gasteiger partial charge in [0.1, 0.15) is 11.4 Å². The number of carboxylic acids is 1. The van der Waals surface area contributed by atoms with Gasteiger partial charge in [0, 0.05) is 25.2 Å². The summed E-state index contributed by atoms with van der Waals surface area (Å²) in [5, 5.41) is 19.7. The van der Waals surface area contributed by atoms with E-state index in [-0.39, 0.29) is 11.5 Å². The molecule has 2 heterocycles. The van der Waals surface area contributed by atoms with Gasteiger partial charge < -0.3 is 15.1 Å². The molecule has 0 radical (unpaired) electrons. The molecule has 2 aromatic rings. The molecule has 2 N–H and O–H groups in total. The van der Waals surface area contributed by atoms with Crippen molar-refractivity contribution in [1.29, 1.82) is 0 Å². The van der Waals surface area contributed by atoms with Crippen molar-refractivity contribution in [3.05, 3.63) is 59.8 Å². The molecular formula is C17H18N2O3. The van der Waals surface area contributed by atoms with Crippen LogP contribution in [0.2, 0.25) is 0 Å². The number of piperidine rings is 1. The fourth-order valence-electron chi connectivity index (χ4n) is 3.03. The molecule has 0 saturated carbocycles. The van der Waals surface area contributed by atoms with E-state index < -0.39 is 12.1 Å². The van der Waals surface area contributed by atoms with Crippen molar-refractivity contribution >= 4 is 11.8 Å². The van der Waals surface area contributed by atoms with E-state index in [1.54, 1.807) is 18.3 Å². The summed E-state index contributed by atoms with van der Waals surface area (Å²) < 4.78 is 0. The van der Waals surface area contributed by atoms with Crippen LogP contribution in [0.4, 0.5) is 5.82 Å². The molecule has 114 valence electrons. The van der Waals surface area contributed by atoms with Gasteiger partial charge in [0.2, 0.25) is 0 Å². The quantitative estimate of drug-likeness (QED) is 0.908. The second kappa shape index (κ2) is 6.15. The van der Waals surface area contributed by atoms with Crippen molar-refractivity contribution in [2.75, 3.05) is 18.0 Å². The van der Waals surface area contributed by atoms with Crippen molar-refractivity contribution in [1.82, 2.24) is 4.98 Å². The number of anilines is 1. The molecule has 5 nitrogen and oxygen atoms in total. The monoisotopic (exact) mass is 298 g/mol. The maximum Gasteiger partial charge on any atom is 0.339 e. The van der Waals surface area contributed by atoms with Gasteiger partial charge in [-0.3, -0.25) is 0 Å². The lowest BCUT2D eigenvalue weighted by atomic mass is 9.87. The Morgan fingerprint density at radius 1 is 1.18 bits per heavy atom. The number of aromatic nitrogens is 1. The van der Waals surface area contributed by atoms with E-state index in [9.17, 15) is 15.0 Å². The molecule has 1 aromatic carbocycles. The van der Waals surface area contributed by atoms with Crippen LogP contribution in [0.15, 0.2) is 48.7 Å². The van der Waals surface area contributed by atoms with Gasteiger partial charge in [0.05, 0.1) is 6.10 Å². The average Bonchev–Trinajstić information content (AvgIpc) is 2.55. The molecule has 0 unspecified atom stereocenters. The Morgan fingerprint density at radius 2 is 1.95 bits per heavy atom. The average molecular weight is 298 g/mol. The van der Waals surface area contributed by atoms with Crippen LogP contribution in [-0.2, 0) is 0 Å². The van der Waals surface area contributed by atoms with Crippen LogP contribution in [0.5, 0.6) is 0 Å². The number of hydrogen-bond acceptors (Lipinski definition) is 4. The van der Waals surface area contributed by atoms with Gasteiger partial charge in [-0.25, -0.2) is 9.78 Å². The summed E-state index contributed by atoms with van der Waals surface area (Å²) in [6.07, 6.45) is 1.80. The fourth-order valence-corrected chi connectivity index (χ4v) is 3.03. The summed E-state index contributed by atoms with van der Waals surface area (Å²) in [5.41, 5.74) is 1.29. The Kier molecular flexibility index (Phi) is 4.06. The van der Waals surface area contributed by atoms with E-state index in [0.29, 0.717) is 18.9 Å². The Morgan fingerprint density at radius 3 is 2.64 bits per heavy atom. The van der Waals surface area contributed by atoms with Crippen LogP contribution in [0.25, 0.3) is 0 Å². The fraction of sp³-hybridized carbons (Fsp3) is 0.294. The summed E-state index contributed by atoms with van der Waals surface area (Å²) in [6.45, 7) is 1.06. The molecule has 0 spiro atoms. The summed E-state index contributed by atoms with van der Waals surface area (Å²) in [4.78, 5) is 17.3. The Labute approximate surface area is 128 Å². The second-order valence-corrected chi connectivity index (χ2v) is 5.50. The third-order valence-corrected chi connectivity index (χ3v) is 4.13. The number of aromatic carboxylic acids is 1. The molecule has 1 fully saturated rings. The highest BCUT2D eigenvalue weighted by atomic mass is 16.4. The van der Waals surface area contributed by atoms with Crippen molar-refractivity contribution < 1.29 is 15.0 Å². The Hall–Kier alpha value is -2.40. The molecule has 0 bridgehead atoms. The minimum absolute atomic E-state index is 0.0782. The first-order valence-corrected chi connectivity index (χ1v) is 7.33. The molecular weight excluding hydrogens is 280 g/mol. The summed E-state index contributed by atoms with van der Waals surface area (Å²) in [6, 6.07) is 13.1. The first-order chi connectivity index (χ1) is 10.7. The predicted molar refractivity (Wildman–Crippen MR) is 83.2 cm³/mol. The maximum absolute atomic E-state index is 11.3. The number of pyridine rings is 1. The van der Waals surface area contributed by atoms with Gasteiger partial charge in [0.25, 0.3) is 0 Å². The summed E-state index contributed by atoms with van der Waals surface area (Å²) in [5.74, 6) is -0.488. The van der Waals surface area contributed by atoms with E-state index in [2.05, 4.69) is 4.98 Å². The number of nitrogens with zero attached hydrogens (tertiary/aromatic N) is 2. The van der Waals surface area contributed by atoms with Gasteiger partial charge >= 0.3 is 5.97 Å². The highest BCUT2D eigenvalue weighted by molar-refractivity contribution is 5.93. The predicted octanol–water partition coefficient (Wildman–Crippen LogP) is 2.13. The van der Waals surface area contributed by atoms with Gasteiger partial charge in [0.15, 0.2) is 0 Å². The number of aliphatic hydroxyl groups is 1. The number of benzene rings is 1. The van der Waals surface area contributed by atoms with Crippen LogP contribution in [0.3, 0.4) is 0 Å². The SMILES string of the molecule is O=C(O)c1cccnc1N1CC[C@H](c2ccccc2)[C@H](O)C1. The second-order valence-electron chi connectivity index (χ2n) is 5.50. The molecule has 1 aromatic heterocycles. The highest BCUT2D eigenvalue weighted by Gasteiger charge is 2.30. The molecule has 5 heteroatoms. The van der Waals surface area contributed by atoms with Crippen molar-refractivity contribution in [2.24, 2.45) is 0 Å². The Balaban J connectivity index is 1.80. The first-order valence-electron chi connectivity index (χ1n) is 7.33. The number of β-amino-alcohol motifs (C(OH)–C–C–N with tert-alkyl or cyclic N) is 1. The zero-order valence-corrected chi connectivity index (χ0v) is 12.1. The molecule has 1 aliphatic heterocycles. The number of carboxylic acid groups (broad SMARTS) is 1. The van der Waals surface area contributed by atoms with Gasteiger partial charge in [-0.15, -0.1) is 0 Å². The number of carbonyl (C=O) groups is 1. The van der Waals surface area contributed by atoms with Crippen LogP contribution in [-0.4, -0.2) is 40.4 Å². The van der Waals surface area contributed by atoms with Crippen molar-refractivity contribution in [3.63, 3.8) is 0 Å². The molecule has 1 saturated heterocycles. The first kappa shape index (κ1) is 14.5. The maximum atomic E-state index is 11.3. The molecule has 2 atom stereocenters. The molecule has 1 aliphatic rings. The van der Waals surface area contributed by atoms with Gasteiger partial charge in [-0.2, -0.15) is 0 Å². The molecule has 22 heavy (non-hydrogen) atoms. The van der Waals surface area contributed by atoms with Crippen molar-refractivity contribution in [3.8, 4) is 0 Å². The Bertz CT molecular complexity index is 660. The third kappa shape index (κ3) is 2.80. The van der Waals surface area contributed by atoms with Gasteiger partial charge in [-0.05, 0) is 24.1 Å². The lowest BCUT2D eigenvalue weighted by Crippen LogP contribution is -2.43. The van der Waals surface area contributed by atoms with Crippen LogP contribution in [0.1, 0.15) is 28.3 Å². The zero-order valence-electron chi connectivity index (χ0n) is 12.1. The minimum Gasteiger partial charge on any atom is -0.478 e. The van der Waals surface area contributed by atoms with Crippen LogP contribution >= 0.6 is 0 Å². The lowest BCUT2D eigenvalue weighted by Gasteiger charge is -2.37. The topological polar surface area (TPSA) is 73.7 Å². The van der Waals surface area contributed by atoms with Crippen molar-refractivity contribution in [2.45, 2.75) is 18.4 Å². The third-order valence-electron chi connectivity index (χ3n) is 4.13. The number of rotatable bonds is 3. The molecule has 3 rings (SSSR count). The standard InChI is InChI=1S/C17H18N2O3/c20-15-11-19(16-14(17(21)22)7-4-9-18-16)10-8-13(15)12-5-2-1-3-6-12/h1-7,9,13,15,20H,8,10-11H2,(H,21,22)/t13-,15-/m1/s1. The molecule has 0 aliphatic carbocycles. The largest absolute Gasteiger partial charge is 0.478 e. The van der Waals surface area contributed by atoms with E-state index >= 15 is 0 Å². The number of aliphatic hydroxyl groups excluding tert-OH is 1. The molecule has 0 amide bonds. The van der Waals surface area contributed by atoms with Crippen LogP contribution in [0, 0.1) is 0 Å². The lowest BCUT2D eigenvalue weighted by molar-refractivity contribution is 0.0696. The summed E-state index contributed by atoms with van der Waals surface area (Å²) in [7, 11) is 0. The normalized spacial score (nSPS) is 21.6.